The summed E-state index contributed by atoms with van der Waals surface area (Å²) in [5.74, 6) is -0.675. The molecule has 0 radical (unpaired) electrons. The topological polar surface area (TPSA) is 75.6 Å². The van der Waals surface area contributed by atoms with E-state index >= 15 is 0 Å². The minimum absolute atomic E-state index is 0.408. The van der Waals surface area contributed by atoms with Crippen molar-refractivity contribution in [3.63, 3.8) is 0 Å². The lowest BCUT2D eigenvalue weighted by Crippen LogP contribution is -2.39. The average Bonchev–Trinajstić information content (AvgIpc) is 2.49. The third kappa shape index (κ3) is 6.12. The lowest BCUT2D eigenvalue weighted by molar-refractivity contribution is -0.141. The van der Waals surface area contributed by atoms with Crippen molar-refractivity contribution in [3.05, 3.63) is 35.9 Å². The van der Waals surface area contributed by atoms with Crippen molar-refractivity contribution in [1.82, 2.24) is 5.32 Å². The fraction of sp³-hybridized carbons (Fsp3) is 0.375. The zero-order valence-corrected chi connectivity index (χ0v) is 12.3. The monoisotopic (exact) mass is 291 g/mol. The Balaban J connectivity index is 2.57. The van der Waals surface area contributed by atoms with Gasteiger partial charge in [-0.1, -0.05) is 31.9 Å². The molecule has 5 nitrogen and oxygen atoms in total. The number of carboxylic acids is 1. The Morgan fingerprint density at radius 3 is 2.52 bits per heavy atom. The number of hydrogen-bond donors (Lipinski definition) is 2. The van der Waals surface area contributed by atoms with Crippen molar-refractivity contribution in [2.75, 3.05) is 7.11 Å². The van der Waals surface area contributed by atoms with Crippen LogP contribution in [0.1, 0.15) is 31.7 Å². The number of ether oxygens (including phenoxy) is 1. The minimum atomic E-state index is -1.00. The number of methoxy groups -OCH3 is 1. The first kappa shape index (κ1) is 16.8. The third-order valence-corrected chi connectivity index (χ3v) is 3.00. The van der Waals surface area contributed by atoms with Gasteiger partial charge in [0.15, 0.2) is 0 Å². The second-order valence-electron chi connectivity index (χ2n) is 4.65. The molecule has 0 aliphatic rings. The van der Waals surface area contributed by atoms with Crippen LogP contribution >= 0.6 is 0 Å². The molecule has 1 unspecified atom stereocenters. The predicted molar refractivity (Wildman–Crippen MR) is 81.1 cm³/mol. The molecule has 5 heteroatoms. The van der Waals surface area contributed by atoms with Crippen LogP contribution in [0.5, 0.6) is 5.75 Å². The molecule has 114 valence electrons. The molecule has 1 amide bonds. The summed E-state index contributed by atoms with van der Waals surface area (Å²) < 4.78 is 5.04. The van der Waals surface area contributed by atoms with Crippen LogP contribution in [0.25, 0.3) is 6.08 Å². The SMILES string of the molecule is CCCCC(NC(=O)/C=C/c1ccc(OC)cc1)C(=O)O. The first-order valence-corrected chi connectivity index (χ1v) is 6.92. The van der Waals surface area contributed by atoms with Crippen LogP contribution < -0.4 is 10.1 Å². The van der Waals surface area contributed by atoms with Crippen molar-refractivity contribution in [2.45, 2.75) is 32.2 Å². The summed E-state index contributed by atoms with van der Waals surface area (Å²) in [6.45, 7) is 1.98. The molecule has 1 rings (SSSR count). The molecule has 0 aliphatic carbocycles. The Morgan fingerprint density at radius 1 is 1.33 bits per heavy atom. The number of rotatable bonds is 8. The molecule has 0 bridgehead atoms. The van der Waals surface area contributed by atoms with E-state index in [4.69, 9.17) is 9.84 Å². The van der Waals surface area contributed by atoms with Crippen LogP contribution in [0, 0.1) is 0 Å². The predicted octanol–water partition coefficient (Wildman–Crippen LogP) is 2.47. The van der Waals surface area contributed by atoms with E-state index < -0.39 is 17.9 Å². The van der Waals surface area contributed by atoms with Crippen molar-refractivity contribution < 1.29 is 19.4 Å². The summed E-state index contributed by atoms with van der Waals surface area (Å²) >= 11 is 0. The first-order chi connectivity index (χ1) is 10.1. The Labute approximate surface area is 124 Å². The average molecular weight is 291 g/mol. The summed E-state index contributed by atoms with van der Waals surface area (Å²) in [6, 6.07) is 6.37. The van der Waals surface area contributed by atoms with Gasteiger partial charge in [-0.3, -0.25) is 4.79 Å². The lowest BCUT2D eigenvalue weighted by Gasteiger charge is -2.12. The number of unbranched alkanes of at least 4 members (excludes halogenated alkanes) is 1. The maximum atomic E-state index is 11.7. The lowest BCUT2D eigenvalue weighted by atomic mass is 10.1. The van der Waals surface area contributed by atoms with Gasteiger partial charge in [-0.2, -0.15) is 0 Å². The summed E-state index contributed by atoms with van der Waals surface area (Å²) in [5, 5.41) is 11.5. The van der Waals surface area contributed by atoms with E-state index in [0.29, 0.717) is 6.42 Å². The van der Waals surface area contributed by atoms with E-state index in [9.17, 15) is 9.59 Å². The fourth-order valence-electron chi connectivity index (χ4n) is 1.77. The van der Waals surface area contributed by atoms with E-state index in [0.717, 1.165) is 24.2 Å². The number of carboxylic acid groups (broad SMARTS) is 1. The summed E-state index contributed by atoms with van der Waals surface area (Å²) in [6.07, 6.45) is 5.06. The second kappa shape index (κ2) is 8.79. The molecule has 21 heavy (non-hydrogen) atoms. The molecule has 1 aromatic carbocycles. The summed E-state index contributed by atoms with van der Waals surface area (Å²) in [4.78, 5) is 22.8. The number of nitrogens with one attached hydrogen (secondary N) is 1. The number of aliphatic carboxylic acids is 1. The van der Waals surface area contributed by atoms with Crippen LogP contribution in [0.2, 0.25) is 0 Å². The van der Waals surface area contributed by atoms with Crippen molar-refractivity contribution in [2.24, 2.45) is 0 Å². The van der Waals surface area contributed by atoms with Gasteiger partial charge in [0.1, 0.15) is 11.8 Å². The molecule has 1 atom stereocenters. The summed E-state index contributed by atoms with van der Waals surface area (Å²) in [7, 11) is 1.58. The number of carbonyl (C=O) groups excluding carboxylic acids is 1. The second-order valence-corrected chi connectivity index (χ2v) is 4.65. The highest BCUT2D eigenvalue weighted by atomic mass is 16.5. The van der Waals surface area contributed by atoms with Gasteiger partial charge < -0.3 is 15.2 Å². The Bertz CT molecular complexity index is 494. The van der Waals surface area contributed by atoms with Crippen molar-refractivity contribution in [3.8, 4) is 5.75 Å². The van der Waals surface area contributed by atoms with Gasteiger partial charge in [0.05, 0.1) is 7.11 Å². The van der Waals surface area contributed by atoms with Crippen molar-refractivity contribution >= 4 is 18.0 Å². The van der Waals surface area contributed by atoms with Crippen LogP contribution in [0.3, 0.4) is 0 Å². The maximum Gasteiger partial charge on any atom is 0.326 e. The molecule has 0 fully saturated rings. The number of hydrogen-bond acceptors (Lipinski definition) is 3. The molecular formula is C16H21NO4. The smallest absolute Gasteiger partial charge is 0.326 e. The Kier molecular flexibility index (Phi) is 7.01. The van der Waals surface area contributed by atoms with Crippen LogP contribution in [0.15, 0.2) is 30.3 Å². The highest BCUT2D eigenvalue weighted by Gasteiger charge is 2.17. The normalized spacial score (nSPS) is 12.1. The maximum absolute atomic E-state index is 11.7. The highest BCUT2D eigenvalue weighted by molar-refractivity contribution is 5.94. The minimum Gasteiger partial charge on any atom is -0.497 e. The van der Waals surface area contributed by atoms with Gasteiger partial charge in [0.25, 0.3) is 0 Å². The van der Waals surface area contributed by atoms with Crippen LogP contribution in [-0.2, 0) is 9.59 Å². The van der Waals surface area contributed by atoms with Gasteiger partial charge in [-0.15, -0.1) is 0 Å². The molecule has 1 aromatic rings. The van der Waals surface area contributed by atoms with Gasteiger partial charge in [0, 0.05) is 6.08 Å². The molecule has 0 saturated carbocycles. The number of carbonyl (C=O) groups is 2. The molecule has 0 heterocycles. The van der Waals surface area contributed by atoms with Crippen molar-refractivity contribution in [1.29, 1.82) is 0 Å². The third-order valence-electron chi connectivity index (χ3n) is 3.00. The van der Waals surface area contributed by atoms with E-state index in [1.165, 1.54) is 6.08 Å². The zero-order chi connectivity index (χ0) is 15.7. The molecule has 0 saturated heterocycles. The molecular weight excluding hydrogens is 270 g/mol. The van der Waals surface area contributed by atoms with E-state index in [-0.39, 0.29) is 0 Å². The van der Waals surface area contributed by atoms with Gasteiger partial charge in [-0.05, 0) is 30.2 Å². The standard InChI is InChI=1S/C16H21NO4/c1-3-4-5-14(16(19)20)17-15(18)11-8-12-6-9-13(21-2)10-7-12/h6-11,14H,3-5H2,1-2H3,(H,17,18)(H,19,20)/b11-8+. The number of amides is 1. The zero-order valence-electron chi connectivity index (χ0n) is 12.3. The van der Waals surface area contributed by atoms with Gasteiger partial charge in [0.2, 0.25) is 5.91 Å². The van der Waals surface area contributed by atoms with Crippen LogP contribution in [0.4, 0.5) is 0 Å². The first-order valence-electron chi connectivity index (χ1n) is 6.92. The quantitative estimate of drug-likeness (QED) is 0.721. The Morgan fingerprint density at radius 2 is 2.00 bits per heavy atom. The fourth-order valence-corrected chi connectivity index (χ4v) is 1.77. The Hall–Kier alpha value is -2.30. The van der Waals surface area contributed by atoms with E-state index in [2.05, 4.69) is 5.32 Å². The van der Waals surface area contributed by atoms with E-state index in [1.54, 1.807) is 25.3 Å². The highest BCUT2D eigenvalue weighted by Crippen LogP contribution is 2.12. The van der Waals surface area contributed by atoms with Gasteiger partial charge >= 0.3 is 5.97 Å². The largest absolute Gasteiger partial charge is 0.497 e. The van der Waals surface area contributed by atoms with Gasteiger partial charge in [-0.25, -0.2) is 4.79 Å². The van der Waals surface area contributed by atoms with E-state index in [1.807, 2.05) is 19.1 Å². The number of benzene rings is 1. The van der Waals surface area contributed by atoms with Crippen LogP contribution in [-0.4, -0.2) is 30.1 Å². The molecule has 0 aromatic heterocycles. The molecule has 2 N–H and O–H groups in total. The molecule has 0 spiro atoms. The summed E-state index contributed by atoms with van der Waals surface area (Å²) in [5.41, 5.74) is 0.839. The molecule has 0 aliphatic heterocycles.